The summed E-state index contributed by atoms with van der Waals surface area (Å²) < 4.78 is 44.8. The van der Waals surface area contributed by atoms with Gasteiger partial charge in [0.25, 0.3) is 11.5 Å². The average Bonchev–Trinajstić information content (AvgIpc) is 3.09. The molecule has 3 N–H and O–H groups in total. The molecule has 30 heavy (non-hydrogen) atoms. The average molecular weight is 417 g/mol. The Balaban J connectivity index is 1.78. The van der Waals surface area contributed by atoms with Gasteiger partial charge in [-0.1, -0.05) is 24.3 Å². The number of alkyl halides is 3. The van der Waals surface area contributed by atoms with Gasteiger partial charge in [0.05, 0.1) is 12.1 Å². The molecular weight excluding hydrogens is 403 g/mol. The molecule has 0 unspecified atom stereocenters. The Hall–Kier alpha value is -3.82. The van der Waals surface area contributed by atoms with Crippen LogP contribution in [0.1, 0.15) is 5.56 Å². The van der Waals surface area contributed by atoms with Gasteiger partial charge in [-0.05, 0) is 29.7 Å². The van der Waals surface area contributed by atoms with Crippen molar-refractivity contribution in [3.63, 3.8) is 0 Å². The fourth-order valence-corrected chi connectivity index (χ4v) is 3.35. The van der Waals surface area contributed by atoms with E-state index in [1.807, 2.05) is 0 Å². The van der Waals surface area contributed by atoms with E-state index in [1.54, 1.807) is 0 Å². The number of H-pyrrole nitrogens is 1. The number of anilines is 1. The van der Waals surface area contributed by atoms with Crippen molar-refractivity contribution in [2.75, 3.05) is 11.4 Å². The molecular formula is C20H14F3N3O4. The van der Waals surface area contributed by atoms with Gasteiger partial charge in [-0.3, -0.25) is 14.5 Å². The molecule has 1 atom stereocenters. The van der Waals surface area contributed by atoms with E-state index in [0.717, 1.165) is 11.0 Å². The molecule has 0 saturated carbocycles. The van der Waals surface area contributed by atoms with Crippen LogP contribution in [-0.4, -0.2) is 29.6 Å². The van der Waals surface area contributed by atoms with E-state index in [2.05, 4.69) is 4.98 Å². The summed E-state index contributed by atoms with van der Waals surface area (Å²) in [6.45, 7) is -0.103. The standard InChI is InChI=1S/C20H14F3N3O4/c21-20(22,23)14-4-2-1-3-12(14)15-7-10-5-6-11(8-13(10)18(28)25-15)26-9-16(17(24)27)30-19(26)29/h1-8,16H,9H2,(H2,24,27)(H,25,28)/t16-/m1/s1. The molecule has 1 aliphatic rings. The van der Waals surface area contributed by atoms with E-state index >= 15 is 0 Å². The Bertz CT molecular complexity index is 1240. The maximum absolute atomic E-state index is 13.3. The molecule has 154 valence electrons. The quantitative estimate of drug-likeness (QED) is 0.683. The number of carbonyl (C=O) groups excluding carboxylic acids is 2. The highest BCUT2D eigenvalue weighted by atomic mass is 19.4. The SMILES string of the molecule is NC(=O)[C@H]1CN(c2ccc3cc(-c4ccccc4C(F)(F)F)[nH]c(=O)c3c2)C(=O)O1. The first kappa shape index (κ1) is 19.5. The first-order valence-corrected chi connectivity index (χ1v) is 8.76. The lowest BCUT2D eigenvalue weighted by atomic mass is 10.0. The Morgan fingerprint density at radius 2 is 1.87 bits per heavy atom. The third kappa shape index (κ3) is 3.36. The molecule has 1 aromatic heterocycles. The van der Waals surface area contributed by atoms with Crippen LogP contribution in [0.15, 0.2) is 53.3 Å². The fourth-order valence-electron chi connectivity index (χ4n) is 3.35. The number of pyridine rings is 1. The third-order valence-electron chi connectivity index (χ3n) is 4.79. The number of ether oxygens (including phenoxy) is 1. The van der Waals surface area contributed by atoms with Crippen molar-refractivity contribution in [2.24, 2.45) is 5.73 Å². The van der Waals surface area contributed by atoms with Crippen LogP contribution in [0, 0.1) is 0 Å². The first-order chi connectivity index (χ1) is 14.1. The molecule has 1 aliphatic heterocycles. The zero-order valence-corrected chi connectivity index (χ0v) is 15.2. The number of nitrogens with two attached hydrogens (primary N) is 1. The minimum absolute atomic E-state index is 0.0162. The smallest absolute Gasteiger partial charge is 0.417 e. The minimum Gasteiger partial charge on any atom is -0.434 e. The zero-order valence-electron chi connectivity index (χ0n) is 15.2. The molecule has 0 bridgehead atoms. The van der Waals surface area contributed by atoms with E-state index in [9.17, 15) is 27.6 Å². The lowest BCUT2D eigenvalue weighted by molar-refractivity contribution is -0.137. The molecule has 7 nitrogen and oxygen atoms in total. The number of rotatable bonds is 3. The molecule has 2 aromatic carbocycles. The second kappa shape index (κ2) is 6.90. The number of primary amides is 1. The number of amides is 2. The molecule has 1 saturated heterocycles. The highest BCUT2D eigenvalue weighted by Crippen LogP contribution is 2.36. The first-order valence-electron chi connectivity index (χ1n) is 8.76. The Kier molecular flexibility index (Phi) is 4.49. The molecule has 4 rings (SSSR count). The zero-order chi connectivity index (χ0) is 21.6. The summed E-state index contributed by atoms with van der Waals surface area (Å²) in [5.74, 6) is -0.794. The van der Waals surface area contributed by atoms with Crippen molar-refractivity contribution in [3.8, 4) is 11.3 Å². The van der Waals surface area contributed by atoms with Crippen LogP contribution in [-0.2, 0) is 15.7 Å². The van der Waals surface area contributed by atoms with Crippen LogP contribution < -0.4 is 16.2 Å². The maximum Gasteiger partial charge on any atom is 0.417 e. The van der Waals surface area contributed by atoms with Crippen LogP contribution in [0.3, 0.4) is 0 Å². The van der Waals surface area contributed by atoms with Crippen molar-refractivity contribution in [1.29, 1.82) is 0 Å². The summed E-state index contributed by atoms with van der Waals surface area (Å²) in [7, 11) is 0. The molecule has 2 amide bonds. The molecule has 2 heterocycles. The number of halogens is 3. The van der Waals surface area contributed by atoms with Gasteiger partial charge in [0.1, 0.15) is 0 Å². The maximum atomic E-state index is 13.3. The monoisotopic (exact) mass is 417 g/mol. The van der Waals surface area contributed by atoms with E-state index in [4.69, 9.17) is 10.5 Å². The largest absolute Gasteiger partial charge is 0.434 e. The molecule has 0 spiro atoms. The molecule has 0 radical (unpaired) electrons. The van der Waals surface area contributed by atoms with Crippen molar-refractivity contribution >= 4 is 28.5 Å². The van der Waals surface area contributed by atoms with Gasteiger partial charge in [0, 0.05) is 22.3 Å². The van der Waals surface area contributed by atoms with Crippen LogP contribution in [0.5, 0.6) is 0 Å². The van der Waals surface area contributed by atoms with Crippen LogP contribution in [0.2, 0.25) is 0 Å². The predicted octanol–water partition coefficient (Wildman–Crippen LogP) is 3.02. The van der Waals surface area contributed by atoms with Gasteiger partial charge < -0.3 is 15.5 Å². The Morgan fingerprint density at radius 3 is 2.53 bits per heavy atom. The molecule has 3 aromatic rings. The van der Waals surface area contributed by atoms with Crippen molar-refractivity contribution in [1.82, 2.24) is 4.98 Å². The fraction of sp³-hybridized carbons (Fsp3) is 0.150. The number of fused-ring (bicyclic) bond motifs is 1. The van der Waals surface area contributed by atoms with E-state index in [-0.39, 0.29) is 23.2 Å². The topological polar surface area (TPSA) is 105 Å². The minimum atomic E-state index is -4.58. The van der Waals surface area contributed by atoms with Gasteiger partial charge in [0.15, 0.2) is 6.10 Å². The highest BCUT2D eigenvalue weighted by Gasteiger charge is 2.36. The number of nitrogens with zero attached hydrogens (tertiary/aromatic N) is 1. The summed E-state index contributed by atoms with van der Waals surface area (Å²) in [6.07, 6.45) is -6.47. The van der Waals surface area contributed by atoms with Gasteiger partial charge in [-0.15, -0.1) is 0 Å². The van der Waals surface area contributed by atoms with E-state index in [1.165, 1.54) is 42.5 Å². The highest BCUT2D eigenvalue weighted by molar-refractivity contribution is 5.97. The molecule has 0 aliphatic carbocycles. The lowest BCUT2D eigenvalue weighted by Crippen LogP contribution is -2.32. The number of carbonyl (C=O) groups is 2. The van der Waals surface area contributed by atoms with Crippen LogP contribution in [0.25, 0.3) is 22.0 Å². The van der Waals surface area contributed by atoms with Crippen molar-refractivity contribution in [2.45, 2.75) is 12.3 Å². The number of aromatic amines is 1. The normalized spacial score (nSPS) is 16.7. The number of hydrogen-bond donors (Lipinski definition) is 2. The number of benzene rings is 2. The lowest BCUT2D eigenvalue weighted by Gasteiger charge is -2.15. The summed E-state index contributed by atoms with van der Waals surface area (Å²) in [5, 5.41) is 0.546. The number of aromatic nitrogens is 1. The van der Waals surface area contributed by atoms with Crippen molar-refractivity contribution < 1.29 is 27.5 Å². The Labute approximate surface area is 166 Å². The van der Waals surface area contributed by atoms with Crippen molar-refractivity contribution in [3.05, 3.63) is 64.4 Å². The number of hydrogen-bond acceptors (Lipinski definition) is 4. The van der Waals surface area contributed by atoms with Crippen LogP contribution in [0.4, 0.5) is 23.7 Å². The predicted molar refractivity (Wildman–Crippen MR) is 102 cm³/mol. The molecule has 10 heteroatoms. The van der Waals surface area contributed by atoms with Gasteiger partial charge in [-0.2, -0.15) is 13.2 Å². The van der Waals surface area contributed by atoms with Crippen LogP contribution >= 0.6 is 0 Å². The van der Waals surface area contributed by atoms with Gasteiger partial charge in [-0.25, -0.2) is 4.79 Å². The second-order valence-electron chi connectivity index (χ2n) is 6.71. The van der Waals surface area contributed by atoms with Gasteiger partial charge >= 0.3 is 12.3 Å². The summed E-state index contributed by atoms with van der Waals surface area (Å²) in [4.78, 5) is 39.5. The van der Waals surface area contributed by atoms with Gasteiger partial charge in [0.2, 0.25) is 0 Å². The van der Waals surface area contributed by atoms with E-state index in [0.29, 0.717) is 11.1 Å². The molecule has 1 fully saturated rings. The Morgan fingerprint density at radius 1 is 1.13 bits per heavy atom. The summed E-state index contributed by atoms with van der Waals surface area (Å²) in [6, 6.07) is 10.8. The second-order valence-corrected chi connectivity index (χ2v) is 6.71. The van der Waals surface area contributed by atoms with E-state index < -0.39 is 35.4 Å². The third-order valence-corrected chi connectivity index (χ3v) is 4.79. The summed E-state index contributed by atoms with van der Waals surface area (Å²) >= 11 is 0. The number of cyclic esters (lactones) is 1. The number of nitrogens with one attached hydrogen (secondary N) is 1. The summed E-state index contributed by atoms with van der Waals surface area (Å²) in [5.41, 5.74) is 3.82.